The summed E-state index contributed by atoms with van der Waals surface area (Å²) >= 11 is 0. The molecule has 16 heavy (non-hydrogen) atoms. The van der Waals surface area contributed by atoms with Gasteiger partial charge < -0.3 is 15.4 Å². The van der Waals surface area contributed by atoms with Gasteiger partial charge in [0.1, 0.15) is 5.82 Å². The van der Waals surface area contributed by atoms with E-state index in [0.717, 1.165) is 18.9 Å². The number of methoxy groups -OCH3 is 1. The summed E-state index contributed by atoms with van der Waals surface area (Å²) in [6.07, 6.45) is 0. The Labute approximate surface area is 97.1 Å². The Balaban J connectivity index is 2.17. The highest BCUT2D eigenvalue weighted by atomic mass is 32.2. The predicted octanol–water partition coefficient (Wildman–Crippen LogP) is 0.241. The fourth-order valence-electron chi connectivity index (χ4n) is 1.65. The first-order valence-electron chi connectivity index (χ1n) is 5.11. The zero-order valence-corrected chi connectivity index (χ0v) is 10.00. The van der Waals surface area contributed by atoms with E-state index in [1.165, 1.54) is 0 Å². The monoisotopic (exact) mass is 241 g/mol. The molecule has 0 saturated carbocycles. The summed E-state index contributed by atoms with van der Waals surface area (Å²) in [5, 5.41) is 0. The van der Waals surface area contributed by atoms with Gasteiger partial charge in [-0.2, -0.15) is 4.98 Å². The number of anilines is 2. The molecule has 5 nitrogen and oxygen atoms in total. The van der Waals surface area contributed by atoms with Crippen LogP contribution in [0.5, 0.6) is 5.88 Å². The largest absolute Gasteiger partial charge is 0.479 e. The van der Waals surface area contributed by atoms with Crippen molar-refractivity contribution in [1.82, 2.24) is 4.98 Å². The lowest BCUT2D eigenvalue weighted by Gasteiger charge is -2.27. The third-order valence-corrected chi connectivity index (χ3v) is 3.85. The Morgan fingerprint density at radius 2 is 2.12 bits per heavy atom. The molecule has 0 bridgehead atoms. The van der Waals surface area contributed by atoms with Gasteiger partial charge in [-0.15, -0.1) is 0 Å². The second-order valence-electron chi connectivity index (χ2n) is 3.60. The molecule has 0 aromatic carbocycles. The standard InChI is InChI=1S/C10H15N3O2S/c1-15-10-8(11)2-3-9(12-10)13-4-6-16(14)7-5-13/h2-3H,4-7,11H2,1H3. The number of ether oxygens (including phenoxy) is 1. The molecular weight excluding hydrogens is 226 g/mol. The molecule has 0 amide bonds. The van der Waals surface area contributed by atoms with Crippen molar-refractivity contribution in [2.24, 2.45) is 0 Å². The third-order valence-electron chi connectivity index (χ3n) is 2.57. The van der Waals surface area contributed by atoms with Crippen molar-refractivity contribution in [3.63, 3.8) is 0 Å². The Hall–Kier alpha value is -1.30. The van der Waals surface area contributed by atoms with Crippen molar-refractivity contribution in [2.45, 2.75) is 0 Å². The second kappa shape index (κ2) is 4.69. The molecule has 0 spiro atoms. The van der Waals surface area contributed by atoms with E-state index in [9.17, 15) is 4.21 Å². The van der Waals surface area contributed by atoms with Crippen LogP contribution in [0.4, 0.5) is 11.5 Å². The lowest BCUT2D eigenvalue weighted by atomic mass is 10.3. The minimum atomic E-state index is -0.672. The highest BCUT2D eigenvalue weighted by Gasteiger charge is 2.17. The number of hydrogen-bond acceptors (Lipinski definition) is 5. The van der Waals surface area contributed by atoms with Crippen molar-refractivity contribution in [1.29, 1.82) is 0 Å². The SMILES string of the molecule is COc1nc(N2CCS(=O)CC2)ccc1N. The molecule has 1 aliphatic rings. The van der Waals surface area contributed by atoms with Gasteiger partial charge in [0.25, 0.3) is 0 Å². The Kier molecular flexibility index (Phi) is 3.28. The number of nitrogens with two attached hydrogens (primary N) is 1. The molecule has 2 N–H and O–H groups in total. The molecule has 2 heterocycles. The number of nitrogen functional groups attached to an aromatic ring is 1. The highest BCUT2D eigenvalue weighted by Crippen LogP contribution is 2.23. The first-order valence-corrected chi connectivity index (χ1v) is 6.60. The molecule has 0 radical (unpaired) electrons. The maximum Gasteiger partial charge on any atom is 0.238 e. The van der Waals surface area contributed by atoms with Gasteiger partial charge >= 0.3 is 0 Å². The Morgan fingerprint density at radius 3 is 2.75 bits per heavy atom. The smallest absolute Gasteiger partial charge is 0.238 e. The Morgan fingerprint density at radius 1 is 1.44 bits per heavy atom. The van der Waals surface area contributed by atoms with Gasteiger partial charge in [-0.05, 0) is 12.1 Å². The van der Waals surface area contributed by atoms with Crippen molar-refractivity contribution in [3.8, 4) is 5.88 Å². The molecular formula is C10H15N3O2S. The maximum atomic E-state index is 11.2. The van der Waals surface area contributed by atoms with Crippen molar-refractivity contribution < 1.29 is 8.95 Å². The summed E-state index contributed by atoms with van der Waals surface area (Å²) in [5.41, 5.74) is 6.23. The van der Waals surface area contributed by atoms with Crippen molar-refractivity contribution in [2.75, 3.05) is 42.3 Å². The van der Waals surface area contributed by atoms with Crippen LogP contribution >= 0.6 is 0 Å². The summed E-state index contributed by atoms with van der Waals surface area (Å²) in [7, 11) is 0.878. The lowest BCUT2D eigenvalue weighted by Crippen LogP contribution is -2.38. The molecule has 1 aromatic rings. The summed E-state index contributed by atoms with van der Waals surface area (Å²) in [6.45, 7) is 1.54. The molecule has 0 unspecified atom stereocenters. The van der Waals surface area contributed by atoms with Gasteiger partial charge in [-0.25, -0.2) is 0 Å². The van der Waals surface area contributed by atoms with E-state index in [-0.39, 0.29) is 0 Å². The molecule has 6 heteroatoms. The lowest BCUT2D eigenvalue weighted by molar-refractivity contribution is 0.400. The summed E-state index contributed by atoms with van der Waals surface area (Å²) < 4.78 is 16.3. The quantitative estimate of drug-likeness (QED) is 0.803. The van der Waals surface area contributed by atoms with Crippen LogP contribution in [0, 0.1) is 0 Å². The molecule has 1 saturated heterocycles. The van der Waals surface area contributed by atoms with E-state index in [0.29, 0.717) is 23.1 Å². The number of aromatic nitrogens is 1. The highest BCUT2D eigenvalue weighted by molar-refractivity contribution is 7.85. The first-order chi connectivity index (χ1) is 7.70. The van der Waals surface area contributed by atoms with Gasteiger partial charge in [-0.3, -0.25) is 4.21 Å². The molecule has 0 atom stereocenters. The number of hydrogen-bond donors (Lipinski definition) is 1. The molecule has 2 rings (SSSR count). The average Bonchev–Trinajstić information content (AvgIpc) is 2.31. The van der Waals surface area contributed by atoms with Gasteiger partial charge in [-0.1, -0.05) is 0 Å². The number of pyridine rings is 1. The predicted molar refractivity (Wildman–Crippen MR) is 65.3 cm³/mol. The van der Waals surface area contributed by atoms with Crippen LogP contribution in [-0.4, -0.2) is 40.9 Å². The first kappa shape index (κ1) is 11.2. The van der Waals surface area contributed by atoms with Crippen LogP contribution in [0.25, 0.3) is 0 Å². The summed E-state index contributed by atoms with van der Waals surface area (Å²) in [6, 6.07) is 3.65. The minimum absolute atomic E-state index is 0.448. The third kappa shape index (κ3) is 2.27. The van der Waals surface area contributed by atoms with E-state index >= 15 is 0 Å². The number of nitrogens with zero attached hydrogens (tertiary/aromatic N) is 2. The van der Waals surface area contributed by atoms with Crippen LogP contribution in [0.1, 0.15) is 0 Å². The topological polar surface area (TPSA) is 68.5 Å². The fourth-order valence-corrected chi connectivity index (χ4v) is 2.70. The van der Waals surface area contributed by atoms with Crippen LogP contribution in [0.2, 0.25) is 0 Å². The molecule has 1 fully saturated rings. The normalized spacial score (nSPS) is 17.4. The molecule has 1 aromatic heterocycles. The Bertz CT molecular complexity index is 401. The summed E-state index contributed by atoms with van der Waals surface area (Å²) in [5.74, 6) is 2.69. The van der Waals surface area contributed by atoms with Gasteiger partial charge in [0.15, 0.2) is 0 Å². The molecule has 1 aliphatic heterocycles. The van der Waals surface area contributed by atoms with Crippen LogP contribution < -0.4 is 15.4 Å². The van der Waals surface area contributed by atoms with Gasteiger partial charge in [0.2, 0.25) is 5.88 Å². The van der Waals surface area contributed by atoms with Crippen molar-refractivity contribution >= 4 is 22.3 Å². The van der Waals surface area contributed by atoms with Crippen LogP contribution in [0.15, 0.2) is 12.1 Å². The maximum absolute atomic E-state index is 11.2. The fraction of sp³-hybridized carbons (Fsp3) is 0.500. The van der Waals surface area contributed by atoms with E-state index in [1.54, 1.807) is 13.2 Å². The van der Waals surface area contributed by atoms with E-state index in [4.69, 9.17) is 10.5 Å². The average molecular weight is 241 g/mol. The van der Waals surface area contributed by atoms with Crippen LogP contribution in [0.3, 0.4) is 0 Å². The van der Waals surface area contributed by atoms with E-state index < -0.39 is 10.8 Å². The second-order valence-corrected chi connectivity index (χ2v) is 5.30. The summed E-state index contributed by atoms with van der Waals surface area (Å²) in [4.78, 5) is 6.42. The van der Waals surface area contributed by atoms with Gasteiger partial charge in [0, 0.05) is 35.4 Å². The number of rotatable bonds is 2. The van der Waals surface area contributed by atoms with Crippen molar-refractivity contribution in [3.05, 3.63) is 12.1 Å². The zero-order valence-electron chi connectivity index (χ0n) is 9.18. The van der Waals surface area contributed by atoms with E-state index in [2.05, 4.69) is 9.88 Å². The van der Waals surface area contributed by atoms with E-state index in [1.807, 2.05) is 6.07 Å². The molecule has 0 aliphatic carbocycles. The van der Waals surface area contributed by atoms with Gasteiger partial charge in [0.05, 0.1) is 12.8 Å². The molecule has 88 valence electrons. The zero-order chi connectivity index (χ0) is 11.5. The minimum Gasteiger partial charge on any atom is -0.479 e. The van der Waals surface area contributed by atoms with Crippen LogP contribution in [-0.2, 0) is 10.8 Å².